The number of nitrogens with zero attached hydrogens (tertiary/aromatic N) is 1. The average molecular weight is 300 g/mol. The third-order valence-corrected chi connectivity index (χ3v) is 2.68. The maximum Gasteiger partial charge on any atom is 0.277 e. The molecule has 0 heterocycles. The van der Waals surface area contributed by atoms with E-state index < -0.39 is 0 Å². The van der Waals surface area contributed by atoms with Gasteiger partial charge in [-0.25, -0.2) is 5.43 Å². The summed E-state index contributed by atoms with van der Waals surface area (Å²) in [6.45, 7) is -0.162. The highest BCUT2D eigenvalue weighted by molar-refractivity contribution is 5.83. The van der Waals surface area contributed by atoms with Gasteiger partial charge in [-0.3, -0.25) is 4.79 Å². The molecule has 0 aliphatic carbocycles. The number of carbonyl (C=O) groups is 1. The Kier molecular flexibility index (Phi) is 5.37. The number of phenols is 1. The number of phenolic OH excluding ortho intramolecular Hbond substituents is 1. The minimum Gasteiger partial charge on any atom is -0.508 e. The molecule has 2 aromatic carbocycles. The van der Waals surface area contributed by atoms with Gasteiger partial charge in [-0.15, -0.1) is 0 Å². The summed E-state index contributed by atoms with van der Waals surface area (Å²) in [4.78, 5) is 11.6. The van der Waals surface area contributed by atoms with Gasteiger partial charge in [-0.05, 0) is 29.8 Å². The van der Waals surface area contributed by atoms with E-state index in [1.807, 2.05) is 0 Å². The van der Waals surface area contributed by atoms with E-state index in [4.69, 9.17) is 9.47 Å². The Morgan fingerprint density at radius 1 is 1.23 bits per heavy atom. The van der Waals surface area contributed by atoms with Crippen molar-refractivity contribution in [2.75, 3.05) is 13.7 Å². The van der Waals surface area contributed by atoms with Gasteiger partial charge in [0.2, 0.25) is 0 Å². The van der Waals surface area contributed by atoms with E-state index in [1.54, 1.807) is 49.6 Å². The van der Waals surface area contributed by atoms with Crippen LogP contribution in [0.15, 0.2) is 53.6 Å². The molecule has 0 fully saturated rings. The van der Waals surface area contributed by atoms with Gasteiger partial charge in [0.25, 0.3) is 5.91 Å². The summed E-state index contributed by atoms with van der Waals surface area (Å²) in [5.74, 6) is 0.933. The van der Waals surface area contributed by atoms with Crippen molar-refractivity contribution in [3.05, 3.63) is 54.1 Å². The molecule has 2 N–H and O–H groups in total. The first-order chi connectivity index (χ1) is 10.7. The Labute approximate surface area is 128 Å². The van der Waals surface area contributed by atoms with Gasteiger partial charge in [0, 0.05) is 6.07 Å². The lowest BCUT2D eigenvalue weighted by Gasteiger charge is -2.06. The van der Waals surface area contributed by atoms with Crippen LogP contribution < -0.4 is 14.9 Å². The smallest absolute Gasteiger partial charge is 0.277 e. The fourth-order valence-electron chi connectivity index (χ4n) is 1.66. The quantitative estimate of drug-likeness (QED) is 0.631. The topological polar surface area (TPSA) is 80.2 Å². The number of hydrazone groups is 1. The maximum atomic E-state index is 11.6. The van der Waals surface area contributed by atoms with E-state index >= 15 is 0 Å². The van der Waals surface area contributed by atoms with E-state index in [1.165, 1.54) is 12.3 Å². The number of aromatic hydroxyl groups is 1. The van der Waals surface area contributed by atoms with Crippen molar-refractivity contribution in [3.63, 3.8) is 0 Å². The predicted octanol–water partition coefficient (Wildman–Crippen LogP) is 1.93. The molecule has 22 heavy (non-hydrogen) atoms. The minimum atomic E-state index is -0.390. The monoisotopic (exact) mass is 300 g/mol. The van der Waals surface area contributed by atoms with E-state index in [0.29, 0.717) is 17.1 Å². The van der Waals surface area contributed by atoms with Crippen LogP contribution in [0.1, 0.15) is 5.56 Å². The molecule has 0 aliphatic rings. The molecule has 0 bridgehead atoms. The fraction of sp³-hybridized carbons (Fsp3) is 0.125. The Balaban J connectivity index is 1.80. The number of nitrogens with one attached hydrogen (secondary N) is 1. The van der Waals surface area contributed by atoms with Gasteiger partial charge in [-0.2, -0.15) is 5.10 Å². The summed E-state index contributed by atoms with van der Waals surface area (Å²) < 4.78 is 10.4. The van der Waals surface area contributed by atoms with Crippen LogP contribution in [0.5, 0.6) is 17.2 Å². The lowest BCUT2D eigenvalue weighted by Crippen LogP contribution is -2.24. The Morgan fingerprint density at radius 3 is 2.77 bits per heavy atom. The molecule has 1 amide bonds. The van der Waals surface area contributed by atoms with Crippen molar-refractivity contribution >= 4 is 12.1 Å². The summed E-state index contributed by atoms with van der Waals surface area (Å²) in [5.41, 5.74) is 3.02. The number of rotatable bonds is 6. The van der Waals surface area contributed by atoms with E-state index in [0.717, 1.165) is 0 Å². The van der Waals surface area contributed by atoms with E-state index in [-0.39, 0.29) is 18.3 Å². The summed E-state index contributed by atoms with van der Waals surface area (Å²) in [5, 5.41) is 13.1. The molecule has 2 rings (SSSR count). The van der Waals surface area contributed by atoms with Gasteiger partial charge in [0.05, 0.1) is 13.3 Å². The highest BCUT2D eigenvalue weighted by Gasteiger charge is 2.02. The van der Waals surface area contributed by atoms with Crippen LogP contribution in [0.2, 0.25) is 0 Å². The second-order valence-corrected chi connectivity index (χ2v) is 4.36. The van der Waals surface area contributed by atoms with Gasteiger partial charge >= 0.3 is 0 Å². The molecule has 0 atom stereocenters. The van der Waals surface area contributed by atoms with Gasteiger partial charge in [-0.1, -0.05) is 18.2 Å². The van der Waals surface area contributed by atoms with E-state index in [9.17, 15) is 9.90 Å². The molecule has 0 spiro atoms. The van der Waals surface area contributed by atoms with Crippen LogP contribution in [0.25, 0.3) is 0 Å². The maximum absolute atomic E-state index is 11.6. The summed E-state index contributed by atoms with van der Waals surface area (Å²) in [6.07, 6.45) is 1.43. The highest BCUT2D eigenvalue weighted by Crippen LogP contribution is 2.18. The average Bonchev–Trinajstić information content (AvgIpc) is 2.53. The molecule has 6 heteroatoms. The molecule has 0 radical (unpaired) electrons. The first-order valence-electron chi connectivity index (χ1n) is 6.55. The lowest BCUT2D eigenvalue weighted by atomic mass is 10.2. The number of hydrogen-bond donors (Lipinski definition) is 2. The summed E-state index contributed by atoms with van der Waals surface area (Å²) in [7, 11) is 1.56. The first kappa shape index (κ1) is 15.4. The van der Waals surface area contributed by atoms with Crippen molar-refractivity contribution in [3.8, 4) is 17.2 Å². The zero-order valence-electron chi connectivity index (χ0n) is 12.0. The first-order valence-corrected chi connectivity index (χ1v) is 6.55. The van der Waals surface area contributed by atoms with Crippen molar-refractivity contribution in [1.82, 2.24) is 5.43 Å². The van der Waals surface area contributed by atoms with Gasteiger partial charge < -0.3 is 14.6 Å². The largest absolute Gasteiger partial charge is 0.508 e. The van der Waals surface area contributed by atoms with Crippen LogP contribution in [0, 0.1) is 0 Å². The normalized spacial score (nSPS) is 10.4. The van der Waals surface area contributed by atoms with Crippen LogP contribution in [0.4, 0.5) is 0 Å². The molecule has 2 aromatic rings. The van der Waals surface area contributed by atoms with Gasteiger partial charge in [0.15, 0.2) is 6.61 Å². The molecule has 114 valence electrons. The molecular formula is C16H16N2O4. The summed E-state index contributed by atoms with van der Waals surface area (Å²) in [6, 6.07) is 13.5. The predicted molar refractivity (Wildman–Crippen MR) is 82.3 cm³/mol. The second-order valence-electron chi connectivity index (χ2n) is 4.36. The number of ether oxygens (including phenoxy) is 2. The SMILES string of the molecule is COc1cccc(OCC(=O)N/N=C/c2cccc(O)c2)c1. The Bertz CT molecular complexity index is 671. The molecular weight excluding hydrogens is 284 g/mol. The van der Waals surface area contributed by atoms with Crippen LogP contribution in [-0.4, -0.2) is 30.9 Å². The number of hydrogen-bond acceptors (Lipinski definition) is 5. The number of carbonyl (C=O) groups excluding carboxylic acids is 1. The summed E-state index contributed by atoms with van der Waals surface area (Å²) >= 11 is 0. The fourth-order valence-corrected chi connectivity index (χ4v) is 1.66. The standard InChI is InChI=1S/C16H16N2O4/c1-21-14-6-3-7-15(9-14)22-11-16(20)18-17-10-12-4-2-5-13(19)8-12/h2-10,19H,11H2,1H3,(H,18,20)/b17-10+. The molecule has 6 nitrogen and oxygen atoms in total. The zero-order valence-corrected chi connectivity index (χ0v) is 12.0. The Hall–Kier alpha value is -3.02. The van der Waals surface area contributed by atoms with Gasteiger partial charge in [0.1, 0.15) is 17.2 Å². The third-order valence-electron chi connectivity index (χ3n) is 2.68. The third kappa shape index (κ3) is 4.82. The molecule has 0 aliphatic heterocycles. The number of amides is 1. The molecule has 0 saturated heterocycles. The minimum absolute atomic E-state index is 0.136. The number of methoxy groups -OCH3 is 1. The molecule has 0 aromatic heterocycles. The van der Waals surface area contributed by atoms with E-state index in [2.05, 4.69) is 10.5 Å². The molecule has 0 unspecified atom stereocenters. The lowest BCUT2D eigenvalue weighted by molar-refractivity contribution is -0.123. The van der Waals surface area contributed by atoms with Crippen molar-refractivity contribution < 1.29 is 19.4 Å². The van der Waals surface area contributed by atoms with Crippen molar-refractivity contribution in [1.29, 1.82) is 0 Å². The van der Waals surface area contributed by atoms with Crippen LogP contribution in [-0.2, 0) is 4.79 Å². The highest BCUT2D eigenvalue weighted by atomic mass is 16.5. The Morgan fingerprint density at radius 2 is 2.00 bits per heavy atom. The van der Waals surface area contributed by atoms with Crippen LogP contribution >= 0.6 is 0 Å². The van der Waals surface area contributed by atoms with Crippen LogP contribution in [0.3, 0.4) is 0 Å². The van der Waals surface area contributed by atoms with Crippen molar-refractivity contribution in [2.45, 2.75) is 0 Å². The zero-order chi connectivity index (χ0) is 15.8. The number of benzene rings is 2. The van der Waals surface area contributed by atoms with Crippen molar-refractivity contribution in [2.24, 2.45) is 5.10 Å². The second kappa shape index (κ2) is 7.68. The molecule has 0 saturated carbocycles.